The Kier molecular flexibility index (Phi) is 4.25. The summed E-state index contributed by atoms with van der Waals surface area (Å²) in [5.74, 6) is 0.521. The number of hydrogen-bond acceptors (Lipinski definition) is 5. The lowest BCUT2D eigenvalue weighted by molar-refractivity contribution is 0.142. The molecule has 18 heavy (non-hydrogen) atoms. The number of oxime groups is 1. The van der Waals surface area contributed by atoms with E-state index in [2.05, 4.69) is 15.4 Å². The van der Waals surface area contributed by atoms with Crippen LogP contribution in [0, 0.1) is 4.84 Å². The van der Waals surface area contributed by atoms with Crippen molar-refractivity contribution < 1.29 is 9.25 Å². The number of benzene rings is 1. The lowest BCUT2D eigenvalue weighted by Crippen LogP contribution is -1.99. The summed E-state index contributed by atoms with van der Waals surface area (Å²) in [4.78, 5) is 5.48. The fraction of sp³-hybridized carbons (Fsp3) is 0.250. The van der Waals surface area contributed by atoms with Crippen LogP contribution in [0.4, 0.5) is 0 Å². The molecule has 1 aromatic carbocycles. The second-order valence-electron chi connectivity index (χ2n) is 3.63. The third-order valence-electron chi connectivity index (χ3n) is 2.28. The third-order valence-corrected chi connectivity index (χ3v) is 2.46. The molecule has 0 saturated carbocycles. The number of nitrogens with one attached hydrogen (secondary N) is 1. The van der Waals surface area contributed by atoms with Gasteiger partial charge >= 0.3 is 0 Å². The van der Waals surface area contributed by atoms with Crippen molar-refractivity contribution in [1.82, 2.24) is 10.2 Å². The largest absolute Gasteiger partial charge is 0.414 e. The van der Waals surface area contributed by atoms with Crippen LogP contribution in [-0.2, 0) is 11.3 Å². The molecule has 0 fully saturated rings. The summed E-state index contributed by atoms with van der Waals surface area (Å²) in [7, 11) is 0. The maximum absolute atomic E-state index is 5.20. The molecule has 0 atom stereocenters. The maximum atomic E-state index is 5.20. The van der Waals surface area contributed by atoms with E-state index >= 15 is 0 Å². The number of rotatable bonds is 5. The van der Waals surface area contributed by atoms with Crippen molar-refractivity contribution in [2.24, 2.45) is 5.16 Å². The Balaban J connectivity index is 1.83. The summed E-state index contributed by atoms with van der Waals surface area (Å²) in [6.07, 6.45) is 0.526. The first kappa shape index (κ1) is 12.5. The van der Waals surface area contributed by atoms with Gasteiger partial charge in [0.05, 0.1) is 12.1 Å². The first-order chi connectivity index (χ1) is 8.75. The molecule has 2 rings (SSSR count). The van der Waals surface area contributed by atoms with Crippen LogP contribution in [0.5, 0.6) is 0 Å². The Hall–Kier alpha value is -1.95. The predicted molar refractivity (Wildman–Crippen MR) is 70.0 cm³/mol. The fourth-order valence-corrected chi connectivity index (χ4v) is 1.52. The number of H-pyrrole nitrogens is 1. The normalized spacial score (nSPS) is 11.5. The van der Waals surface area contributed by atoms with Crippen molar-refractivity contribution in [3.63, 3.8) is 0 Å². The highest BCUT2D eigenvalue weighted by Gasteiger charge is 2.00. The third kappa shape index (κ3) is 3.53. The van der Waals surface area contributed by atoms with Crippen molar-refractivity contribution in [1.29, 1.82) is 0 Å². The SMILES string of the molecule is C/C(=N\OCCc1n[nH]c(=S)o1)c1ccccc1. The summed E-state index contributed by atoms with van der Waals surface area (Å²) in [6, 6.07) is 9.84. The summed E-state index contributed by atoms with van der Waals surface area (Å²) < 4.78 is 5.09. The second-order valence-corrected chi connectivity index (χ2v) is 4.00. The molecule has 0 spiro atoms. The highest BCUT2D eigenvalue weighted by atomic mass is 32.1. The van der Waals surface area contributed by atoms with Crippen LogP contribution in [-0.4, -0.2) is 22.5 Å². The quantitative estimate of drug-likeness (QED) is 0.390. The van der Waals surface area contributed by atoms with E-state index < -0.39 is 0 Å². The van der Waals surface area contributed by atoms with Crippen molar-refractivity contribution in [2.75, 3.05) is 6.61 Å². The minimum atomic E-state index is 0.272. The van der Waals surface area contributed by atoms with E-state index in [9.17, 15) is 0 Å². The van der Waals surface area contributed by atoms with Gasteiger partial charge in [-0.1, -0.05) is 35.5 Å². The molecule has 0 amide bonds. The van der Waals surface area contributed by atoms with Crippen LogP contribution < -0.4 is 0 Å². The van der Waals surface area contributed by atoms with Crippen molar-refractivity contribution >= 4 is 17.9 Å². The molecule has 6 heteroatoms. The van der Waals surface area contributed by atoms with Crippen LogP contribution in [0.2, 0.25) is 0 Å². The molecule has 0 aliphatic rings. The van der Waals surface area contributed by atoms with Gasteiger partial charge in [-0.25, -0.2) is 5.10 Å². The molecule has 1 N–H and O–H groups in total. The van der Waals surface area contributed by atoms with E-state index in [0.717, 1.165) is 11.3 Å². The fourth-order valence-electron chi connectivity index (χ4n) is 1.38. The Morgan fingerprint density at radius 3 is 2.89 bits per heavy atom. The first-order valence-corrected chi connectivity index (χ1v) is 5.93. The van der Waals surface area contributed by atoms with Gasteiger partial charge in [-0.05, 0) is 24.7 Å². The Bertz CT molecular complexity index is 574. The minimum Gasteiger partial charge on any atom is -0.414 e. The van der Waals surface area contributed by atoms with Gasteiger partial charge in [-0.15, -0.1) is 5.10 Å². The first-order valence-electron chi connectivity index (χ1n) is 5.52. The lowest BCUT2D eigenvalue weighted by Gasteiger charge is -2.00. The molecule has 0 bridgehead atoms. The van der Waals surface area contributed by atoms with Crippen LogP contribution in [0.3, 0.4) is 0 Å². The molecule has 2 aromatic rings. The average molecular weight is 263 g/mol. The van der Waals surface area contributed by atoms with Crippen LogP contribution in [0.15, 0.2) is 39.9 Å². The predicted octanol–water partition coefficient (Wildman–Crippen LogP) is 2.72. The average Bonchev–Trinajstić information content (AvgIpc) is 2.81. The molecule has 0 aliphatic carbocycles. The molecule has 0 unspecified atom stereocenters. The zero-order valence-electron chi connectivity index (χ0n) is 9.92. The summed E-state index contributed by atoms with van der Waals surface area (Å²) in [5, 5.41) is 10.4. The zero-order chi connectivity index (χ0) is 12.8. The van der Waals surface area contributed by atoms with Crippen LogP contribution in [0.25, 0.3) is 0 Å². The molecule has 0 radical (unpaired) electrons. The molecule has 94 valence electrons. The Morgan fingerprint density at radius 1 is 1.44 bits per heavy atom. The second kappa shape index (κ2) is 6.11. The molecular formula is C12H13N3O2S. The van der Waals surface area contributed by atoms with E-state index in [1.54, 1.807) is 0 Å². The smallest absolute Gasteiger partial charge is 0.284 e. The monoisotopic (exact) mass is 263 g/mol. The van der Waals surface area contributed by atoms with Crippen molar-refractivity contribution in [3.05, 3.63) is 46.6 Å². The summed E-state index contributed by atoms with van der Waals surface area (Å²) in [5.41, 5.74) is 1.87. The summed E-state index contributed by atoms with van der Waals surface area (Å²) >= 11 is 4.76. The van der Waals surface area contributed by atoms with E-state index in [0.29, 0.717) is 18.9 Å². The topological polar surface area (TPSA) is 63.4 Å². The molecule has 0 saturated heterocycles. The van der Waals surface area contributed by atoms with Crippen molar-refractivity contribution in [3.8, 4) is 0 Å². The molecule has 1 aromatic heterocycles. The van der Waals surface area contributed by atoms with Gasteiger partial charge in [-0.3, -0.25) is 0 Å². The lowest BCUT2D eigenvalue weighted by atomic mass is 10.1. The van der Waals surface area contributed by atoms with E-state index in [1.165, 1.54) is 0 Å². The van der Waals surface area contributed by atoms with Gasteiger partial charge < -0.3 is 9.25 Å². The van der Waals surface area contributed by atoms with Gasteiger partial charge in [0, 0.05) is 0 Å². The Morgan fingerprint density at radius 2 is 2.22 bits per heavy atom. The van der Waals surface area contributed by atoms with E-state index in [4.69, 9.17) is 21.5 Å². The minimum absolute atomic E-state index is 0.272. The molecule has 5 nitrogen and oxygen atoms in total. The van der Waals surface area contributed by atoms with Gasteiger partial charge in [0.15, 0.2) is 0 Å². The highest BCUT2D eigenvalue weighted by molar-refractivity contribution is 7.71. The number of hydrogen-bond donors (Lipinski definition) is 1. The van der Waals surface area contributed by atoms with E-state index in [-0.39, 0.29) is 4.84 Å². The van der Waals surface area contributed by atoms with Crippen molar-refractivity contribution in [2.45, 2.75) is 13.3 Å². The molecular weight excluding hydrogens is 250 g/mol. The molecule has 0 aliphatic heterocycles. The zero-order valence-corrected chi connectivity index (χ0v) is 10.7. The number of nitrogens with zero attached hydrogens (tertiary/aromatic N) is 2. The maximum Gasteiger partial charge on any atom is 0.284 e. The standard InChI is InChI=1S/C12H13N3O2S/c1-9(10-5-3-2-4-6-10)15-16-8-7-11-13-14-12(18)17-11/h2-6H,7-8H2,1H3,(H,14,18)/b15-9+. The molecule has 1 heterocycles. The van der Waals surface area contributed by atoms with Gasteiger partial charge in [0.1, 0.15) is 6.61 Å². The number of aromatic amines is 1. The summed E-state index contributed by atoms with van der Waals surface area (Å²) in [6.45, 7) is 2.29. The highest BCUT2D eigenvalue weighted by Crippen LogP contribution is 2.02. The van der Waals surface area contributed by atoms with Crippen LogP contribution >= 0.6 is 12.2 Å². The number of aromatic nitrogens is 2. The van der Waals surface area contributed by atoms with Gasteiger partial charge in [0.25, 0.3) is 4.84 Å². The Labute approximate surface area is 109 Å². The van der Waals surface area contributed by atoms with Crippen LogP contribution in [0.1, 0.15) is 18.4 Å². The van der Waals surface area contributed by atoms with Gasteiger partial charge in [0.2, 0.25) is 5.89 Å². The van der Waals surface area contributed by atoms with E-state index in [1.807, 2.05) is 37.3 Å². The van der Waals surface area contributed by atoms with Gasteiger partial charge in [-0.2, -0.15) is 0 Å².